The molecule has 0 saturated heterocycles. The Balaban J connectivity index is 0.000000158. The van der Waals surface area contributed by atoms with Crippen molar-refractivity contribution in [2.24, 2.45) is 0 Å². The van der Waals surface area contributed by atoms with E-state index < -0.39 is 5.97 Å². The Hall–Kier alpha value is -10.4. The van der Waals surface area contributed by atoms with Crippen molar-refractivity contribution in [1.29, 1.82) is 0 Å². The molecule has 0 saturated carbocycles. The van der Waals surface area contributed by atoms with Gasteiger partial charge in [-0.3, -0.25) is 4.79 Å². The molecule has 0 fully saturated rings. The summed E-state index contributed by atoms with van der Waals surface area (Å²) in [7, 11) is 6.31. The van der Waals surface area contributed by atoms with E-state index in [4.69, 9.17) is 55.7 Å². The van der Waals surface area contributed by atoms with Crippen LogP contribution in [0.1, 0.15) is 20.7 Å². The molecule has 0 aliphatic carbocycles. The molecular weight excluding hydrogens is 1140 g/mol. The van der Waals surface area contributed by atoms with Gasteiger partial charge in [0.05, 0.1) is 45.0 Å². The van der Waals surface area contributed by atoms with Crippen LogP contribution in [0.15, 0.2) is 159 Å². The van der Waals surface area contributed by atoms with E-state index in [0.717, 1.165) is 16.9 Å². The molecule has 6 heterocycles. The highest BCUT2D eigenvalue weighted by Gasteiger charge is 2.18. The van der Waals surface area contributed by atoms with Gasteiger partial charge in [-0.2, -0.15) is 0 Å². The highest BCUT2D eigenvalue weighted by molar-refractivity contribution is 7.80. The third-order valence-corrected chi connectivity index (χ3v) is 13.6. The van der Waals surface area contributed by atoms with Crippen LogP contribution in [0.4, 0.5) is 34.4 Å². The lowest BCUT2D eigenvalue weighted by Crippen LogP contribution is -2.12. The third kappa shape index (κ3) is 13.3. The van der Waals surface area contributed by atoms with Gasteiger partial charge >= 0.3 is 5.97 Å². The molecule has 6 aromatic carbocycles. The second kappa shape index (κ2) is 25.4. The second-order valence-electron chi connectivity index (χ2n) is 17.1. The molecule has 27 heteroatoms. The fourth-order valence-corrected chi connectivity index (χ4v) is 9.43. The van der Waals surface area contributed by atoms with Crippen LogP contribution in [-0.4, -0.2) is 95.7 Å². The number of carboxylic acids is 1. The number of carbonyl (C=O) groups excluding carboxylic acids is 1. The first kappa shape index (κ1) is 55.9. The number of anilines is 6. The van der Waals surface area contributed by atoms with Crippen LogP contribution in [0.25, 0.3) is 66.4 Å². The van der Waals surface area contributed by atoms with Crippen LogP contribution in [0.2, 0.25) is 0 Å². The molecule has 416 valence electrons. The first-order valence-corrected chi connectivity index (χ1v) is 27.0. The molecule has 6 aromatic heterocycles. The number of methoxy groups -OCH3 is 4. The van der Waals surface area contributed by atoms with Crippen molar-refractivity contribution in [2.75, 3.05) is 50.1 Å². The molecule has 1 amide bonds. The zero-order valence-electron chi connectivity index (χ0n) is 43.8. The summed E-state index contributed by atoms with van der Waals surface area (Å²) in [5.41, 5.74) is 16.5. The number of carboxylic acid groups (broad SMARTS) is 1. The van der Waals surface area contributed by atoms with Crippen LogP contribution in [0.3, 0.4) is 0 Å². The van der Waals surface area contributed by atoms with Gasteiger partial charge in [-0.15, -0.1) is 38.0 Å². The van der Waals surface area contributed by atoms with Crippen molar-refractivity contribution < 1.29 is 42.5 Å². The molecule has 23 nitrogen and oxygen atoms in total. The number of amides is 1. The summed E-state index contributed by atoms with van der Waals surface area (Å²) in [4.78, 5) is 53.4. The Labute approximate surface area is 489 Å². The number of thiol groups is 1. The topological polar surface area (TPSA) is 311 Å². The molecule has 7 N–H and O–H groups in total. The van der Waals surface area contributed by atoms with Gasteiger partial charge in [0, 0.05) is 62.7 Å². The molecule has 0 unspecified atom stereocenters. The van der Waals surface area contributed by atoms with E-state index in [9.17, 15) is 14.7 Å². The number of nitrogens with zero attached hydrogens (tertiary/aromatic N) is 9. The maximum atomic E-state index is 13.1. The summed E-state index contributed by atoms with van der Waals surface area (Å²) in [6, 6.07) is 38.8. The van der Waals surface area contributed by atoms with Crippen molar-refractivity contribution in [3.63, 3.8) is 0 Å². The summed E-state index contributed by atoms with van der Waals surface area (Å²) in [6.45, 7) is 0. The predicted octanol–water partition coefficient (Wildman–Crippen LogP) is 12.3. The number of hydrogen-bond donors (Lipinski definition) is 7. The number of ether oxygens (including phenoxy) is 4. The molecule has 0 aliphatic heterocycles. The Morgan fingerprint density at radius 3 is 1.59 bits per heavy atom. The van der Waals surface area contributed by atoms with Gasteiger partial charge < -0.3 is 54.6 Å². The number of nitrogens with one attached hydrogen (secondary N) is 4. The number of aromatic amines is 1. The van der Waals surface area contributed by atoms with E-state index in [-0.39, 0.29) is 21.5 Å². The number of thiazole rings is 2. The quantitative estimate of drug-likeness (QED) is 0.0285. The Kier molecular flexibility index (Phi) is 17.1. The summed E-state index contributed by atoms with van der Waals surface area (Å²) < 4.78 is 31.8. The molecule has 83 heavy (non-hydrogen) atoms. The number of nitrogens with two attached hydrogens (primary N) is 1. The number of nitrogen functional groups attached to an aromatic ring is 1. The minimum atomic E-state index is -1.01. The number of aromatic nitrogens is 10. The van der Waals surface area contributed by atoms with Gasteiger partial charge in [0.2, 0.25) is 11.8 Å². The monoisotopic (exact) mass is 1180 g/mol. The SMILES string of the molecule is COc1ccc(Nc2nc(-c3cccc(C(=O)Nc4ccc(-c5nnc(S)o5)cc4)c3)nc3scnc23)cc1OC.COc1ccc(Nc2nc(-c3cccc(C(=O)O)c3)nc3scnc23)cc1OC.Nc1ccc(-c2n[nH]c(=S)o2)cc1. The molecule has 0 aliphatic rings. The van der Waals surface area contributed by atoms with E-state index in [0.29, 0.717) is 112 Å². The molecule has 0 bridgehead atoms. The first-order valence-electron chi connectivity index (χ1n) is 24.4. The lowest BCUT2D eigenvalue weighted by Gasteiger charge is -2.12. The Morgan fingerprint density at radius 2 is 1.10 bits per heavy atom. The van der Waals surface area contributed by atoms with Gasteiger partial charge in [0.15, 0.2) is 46.3 Å². The van der Waals surface area contributed by atoms with Crippen LogP contribution in [0.5, 0.6) is 23.0 Å². The summed E-state index contributed by atoms with van der Waals surface area (Å²) in [5, 5.41) is 33.0. The summed E-state index contributed by atoms with van der Waals surface area (Å²) in [6.07, 6.45) is 0. The highest BCUT2D eigenvalue weighted by Crippen LogP contribution is 2.36. The molecule has 12 aromatic rings. The summed E-state index contributed by atoms with van der Waals surface area (Å²) >= 11 is 11.6. The number of carbonyl (C=O) groups is 2. The van der Waals surface area contributed by atoms with Crippen LogP contribution >= 0.6 is 47.5 Å². The normalized spacial score (nSPS) is 10.7. The van der Waals surface area contributed by atoms with Crippen LogP contribution in [-0.2, 0) is 0 Å². The first-order chi connectivity index (χ1) is 40.3. The lowest BCUT2D eigenvalue weighted by molar-refractivity contribution is 0.0696. The number of aromatic carboxylic acids is 1. The number of fused-ring (bicyclic) bond motifs is 2. The van der Waals surface area contributed by atoms with Crippen molar-refractivity contribution in [3.8, 4) is 68.7 Å². The minimum absolute atomic E-state index is 0.171. The molecule has 12 rings (SSSR count). The highest BCUT2D eigenvalue weighted by atomic mass is 32.1. The number of H-pyrrole nitrogens is 1. The number of benzene rings is 6. The number of rotatable bonds is 15. The molecule has 0 spiro atoms. The van der Waals surface area contributed by atoms with E-state index in [1.165, 1.54) is 28.7 Å². The standard InChI is InChI=1S/C28H21N7O4S2.C20H16N4O4S.C8H7N3OS/c1-37-20-11-10-19(13-21(20)38-2)30-24-22-27(41-14-29-22)33-23(32-24)16-4-3-5-17(12-16)25(36)31-18-8-6-15(7-9-18)26-34-35-28(40)39-26;1-27-14-7-6-13(9-15(14)28-2)22-18-16-19(29-10-21-16)24-17(23-18)11-4-3-5-12(8-11)20(25)26;9-6-3-1-5(2-4-6)7-10-11-8(13)12-7/h3-14H,1-2H3,(H,31,36)(H,35,40)(H,30,32,33);3-10H,1-2H3,(H,25,26)(H,22,23,24);1-4H,9H2,(H,11,13). The van der Waals surface area contributed by atoms with E-state index >= 15 is 0 Å². The largest absolute Gasteiger partial charge is 0.493 e. The van der Waals surface area contributed by atoms with Crippen molar-refractivity contribution in [1.82, 2.24) is 50.3 Å². The third-order valence-electron chi connectivity index (χ3n) is 11.8. The average molecular weight is 1190 g/mol. The fourth-order valence-electron chi connectivity index (χ4n) is 7.86. The second-order valence-corrected chi connectivity index (χ2v) is 19.5. The van der Waals surface area contributed by atoms with Crippen molar-refractivity contribution in [2.45, 2.75) is 5.22 Å². The molecule has 0 radical (unpaired) electrons. The van der Waals surface area contributed by atoms with Gasteiger partial charge in [0.25, 0.3) is 16.0 Å². The van der Waals surface area contributed by atoms with E-state index in [1.807, 2.05) is 36.4 Å². The zero-order valence-corrected chi connectivity index (χ0v) is 47.2. The smallest absolute Gasteiger partial charge is 0.335 e. The average Bonchev–Trinajstić information content (AvgIpc) is 4.59. The summed E-state index contributed by atoms with van der Waals surface area (Å²) in [5.74, 6) is 3.83. The maximum Gasteiger partial charge on any atom is 0.335 e. The van der Waals surface area contributed by atoms with Crippen molar-refractivity contribution >= 4 is 114 Å². The molecule has 0 atom stereocenters. The molecular formula is C56H44N14O9S4. The predicted molar refractivity (Wildman–Crippen MR) is 320 cm³/mol. The Morgan fingerprint density at radius 1 is 0.590 bits per heavy atom. The van der Waals surface area contributed by atoms with Crippen LogP contribution < -0.4 is 40.6 Å². The van der Waals surface area contributed by atoms with Gasteiger partial charge in [-0.25, -0.2) is 39.8 Å². The fraction of sp³-hybridized carbons (Fsp3) is 0.0714. The zero-order chi connectivity index (χ0) is 58.0. The number of hydrogen-bond acceptors (Lipinski definition) is 24. The van der Waals surface area contributed by atoms with Gasteiger partial charge in [-0.1, -0.05) is 36.9 Å². The maximum absolute atomic E-state index is 13.1. The van der Waals surface area contributed by atoms with Crippen molar-refractivity contribution in [3.05, 3.63) is 160 Å². The van der Waals surface area contributed by atoms with Gasteiger partial charge in [0.1, 0.15) is 20.7 Å². The van der Waals surface area contributed by atoms with E-state index in [2.05, 4.69) is 68.9 Å². The lowest BCUT2D eigenvalue weighted by atomic mass is 10.1. The van der Waals surface area contributed by atoms with E-state index in [1.54, 1.807) is 130 Å². The Bertz CT molecular complexity index is 4340. The minimum Gasteiger partial charge on any atom is -0.493 e. The van der Waals surface area contributed by atoms with Gasteiger partial charge in [-0.05, 0) is 109 Å². The van der Waals surface area contributed by atoms with Crippen LogP contribution in [0, 0.1) is 4.84 Å².